The van der Waals surface area contributed by atoms with Gasteiger partial charge in [0.2, 0.25) is 5.91 Å². The first-order chi connectivity index (χ1) is 11.1. The fourth-order valence-corrected chi connectivity index (χ4v) is 2.85. The van der Waals surface area contributed by atoms with Gasteiger partial charge in [0, 0.05) is 22.9 Å². The van der Waals surface area contributed by atoms with Gasteiger partial charge in [-0.2, -0.15) is 5.10 Å². The molecule has 2 amide bonds. The topological polar surface area (TPSA) is 70.6 Å². The van der Waals surface area contributed by atoms with Crippen LogP contribution in [-0.4, -0.2) is 17.5 Å². The quantitative estimate of drug-likeness (QED) is 0.837. The van der Waals surface area contributed by atoms with Gasteiger partial charge in [-0.25, -0.2) is 5.43 Å². The SMILES string of the molecule is CC1CCC/C(=N\NC(=O)c2ccc(NC(=O)C3CC3)cc2)C1. The smallest absolute Gasteiger partial charge is 0.271 e. The van der Waals surface area contributed by atoms with Crippen molar-refractivity contribution in [3.05, 3.63) is 29.8 Å². The minimum absolute atomic E-state index is 0.0695. The number of rotatable bonds is 4. The molecule has 0 spiro atoms. The zero-order valence-electron chi connectivity index (χ0n) is 13.5. The highest BCUT2D eigenvalue weighted by atomic mass is 16.2. The largest absolute Gasteiger partial charge is 0.326 e. The molecule has 1 unspecified atom stereocenters. The number of nitrogens with one attached hydrogen (secondary N) is 2. The van der Waals surface area contributed by atoms with Crippen molar-refractivity contribution >= 4 is 23.2 Å². The Morgan fingerprint density at radius 3 is 2.52 bits per heavy atom. The van der Waals surface area contributed by atoms with Gasteiger partial charge in [0.05, 0.1) is 0 Å². The number of hydrogen-bond acceptors (Lipinski definition) is 3. The summed E-state index contributed by atoms with van der Waals surface area (Å²) in [5.74, 6) is 0.677. The normalized spacial score (nSPS) is 22.7. The summed E-state index contributed by atoms with van der Waals surface area (Å²) >= 11 is 0. The summed E-state index contributed by atoms with van der Waals surface area (Å²) in [5, 5.41) is 7.12. The minimum atomic E-state index is -0.212. The Morgan fingerprint density at radius 1 is 1.13 bits per heavy atom. The molecule has 1 atom stereocenters. The van der Waals surface area contributed by atoms with Gasteiger partial charge < -0.3 is 5.32 Å². The van der Waals surface area contributed by atoms with E-state index in [2.05, 4.69) is 22.8 Å². The van der Waals surface area contributed by atoms with Crippen molar-refractivity contribution in [2.45, 2.75) is 45.4 Å². The third-order valence-electron chi connectivity index (χ3n) is 4.42. The number of anilines is 1. The lowest BCUT2D eigenvalue weighted by Crippen LogP contribution is -2.22. The molecular formula is C18H23N3O2. The van der Waals surface area contributed by atoms with Crippen LogP contribution in [0.25, 0.3) is 0 Å². The predicted molar refractivity (Wildman–Crippen MR) is 90.3 cm³/mol. The minimum Gasteiger partial charge on any atom is -0.326 e. The van der Waals surface area contributed by atoms with Crippen LogP contribution in [0, 0.1) is 11.8 Å². The molecule has 0 aromatic heterocycles. The van der Waals surface area contributed by atoms with Gasteiger partial charge in [-0.1, -0.05) is 6.92 Å². The summed E-state index contributed by atoms with van der Waals surface area (Å²) in [5.41, 5.74) is 4.99. The van der Waals surface area contributed by atoms with E-state index >= 15 is 0 Å². The molecule has 0 radical (unpaired) electrons. The van der Waals surface area contributed by atoms with Crippen LogP contribution in [0.5, 0.6) is 0 Å². The van der Waals surface area contributed by atoms with Gasteiger partial charge in [-0.05, 0) is 68.7 Å². The molecule has 2 aliphatic carbocycles. The van der Waals surface area contributed by atoms with E-state index in [0.717, 1.165) is 43.5 Å². The Labute approximate surface area is 136 Å². The van der Waals surface area contributed by atoms with E-state index in [9.17, 15) is 9.59 Å². The van der Waals surface area contributed by atoms with Crippen molar-refractivity contribution in [3.8, 4) is 0 Å². The van der Waals surface area contributed by atoms with Crippen LogP contribution in [0.3, 0.4) is 0 Å². The molecule has 2 fully saturated rings. The molecule has 2 N–H and O–H groups in total. The zero-order chi connectivity index (χ0) is 16.2. The second kappa shape index (κ2) is 6.94. The third kappa shape index (κ3) is 4.41. The molecule has 5 heteroatoms. The molecule has 1 aromatic rings. The van der Waals surface area contributed by atoms with Gasteiger partial charge in [-0.15, -0.1) is 0 Å². The Balaban J connectivity index is 1.54. The molecular weight excluding hydrogens is 290 g/mol. The van der Waals surface area contributed by atoms with E-state index in [1.807, 2.05) is 0 Å². The number of carbonyl (C=O) groups excluding carboxylic acids is 2. The fourth-order valence-electron chi connectivity index (χ4n) is 2.85. The molecule has 2 saturated carbocycles. The van der Waals surface area contributed by atoms with E-state index in [1.165, 1.54) is 6.42 Å². The molecule has 0 aliphatic heterocycles. The lowest BCUT2D eigenvalue weighted by Gasteiger charge is -2.18. The Kier molecular flexibility index (Phi) is 4.74. The second-order valence-electron chi connectivity index (χ2n) is 6.66. The number of hydrazone groups is 1. The van der Waals surface area contributed by atoms with Crippen molar-refractivity contribution in [1.82, 2.24) is 5.43 Å². The van der Waals surface area contributed by atoms with Crippen LogP contribution < -0.4 is 10.7 Å². The summed E-state index contributed by atoms with van der Waals surface area (Å²) in [6.07, 6.45) is 6.27. The Morgan fingerprint density at radius 2 is 1.87 bits per heavy atom. The lowest BCUT2D eigenvalue weighted by atomic mass is 9.89. The third-order valence-corrected chi connectivity index (χ3v) is 4.42. The van der Waals surface area contributed by atoms with E-state index in [-0.39, 0.29) is 17.7 Å². The van der Waals surface area contributed by atoms with Crippen molar-refractivity contribution in [2.75, 3.05) is 5.32 Å². The Hall–Kier alpha value is -2.17. The number of hydrogen-bond donors (Lipinski definition) is 2. The zero-order valence-corrected chi connectivity index (χ0v) is 13.5. The number of carbonyl (C=O) groups is 2. The van der Waals surface area contributed by atoms with Crippen LogP contribution in [0.1, 0.15) is 55.8 Å². The van der Waals surface area contributed by atoms with Gasteiger partial charge >= 0.3 is 0 Å². The first-order valence-corrected chi connectivity index (χ1v) is 8.38. The molecule has 122 valence electrons. The van der Waals surface area contributed by atoms with E-state index in [1.54, 1.807) is 24.3 Å². The van der Waals surface area contributed by atoms with Crippen molar-refractivity contribution < 1.29 is 9.59 Å². The number of amides is 2. The molecule has 3 rings (SSSR count). The molecule has 0 saturated heterocycles. The van der Waals surface area contributed by atoms with Gasteiger partial charge in [0.25, 0.3) is 5.91 Å². The highest BCUT2D eigenvalue weighted by molar-refractivity contribution is 5.97. The van der Waals surface area contributed by atoms with Gasteiger partial charge in [0.15, 0.2) is 0 Å². The van der Waals surface area contributed by atoms with Crippen LogP contribution in [0.2, 0.25) is 0 Å². The summed E-state index contributed by atoms with van der Waals surface area (Å²) in [7, 11) is 0. The monoisotopic (exact) mass is 313 g/mol. The predicted octanol–water partition coefficient (Wildman–Crippen LogP) is 3.33. The maximum absolute atomic E-state index is 12.1. The lowest BCUT2D eigenvalue weighted by molar-refractivity contribution is -0.117. The van der Waals surface area contributed by atoms with Crippen LogP contribution >= 0.6 is 0 Å². The highest BCUT2D eigenvalue weighted by Gasteiger charge is 2.29. The molecule has 23 heavy (non-hydrogen) atoms. The average Bonchev–Trinajstić information content (AvgIpc) is 3.38. The summed E-state index contributed by atoms with van der Waals surface area (Å²) in [6.45, 7) is 2.21. The van der Waals surface area contributed by atoms with Crippen molar-refractivity contribution in [3.63, 3.8) is 0 Å². The van der Waals surface area contributed by atoms with Crippen molar-refractivity contribution in [1.29, 1.82) is 0 Å². The molecule has 0 bridgehead atoms. The standard InChI is InChI=1S/C18H23N3O2/c1-12-3-2-4-16(11-12)20-21-18(23)14-7-9-15(10-8-14)19-17(22)13-5-6-13/h7-10,12-13H,2-6,11H2,1H3,(H,19,22)(H,21,23)/b20-16+. The van der Waals surface area contributed by atoms with Crippen molar-refractivity contribution in [2.24, 2.45) is 16.9 Å². The maximum atomic E-state index is 12.1. The van der Waals surface area contributed by atoms with E-state index in [0.29, 0.717) is 11.5 Å². The summed E-state index contributed by atoms with van der Waals surface area (Å²) in [6, 6.07) is 6.93. The van der Waals surface area contributed by atoms with Gasteiger partial charge in [-0.3, -0.25) is 9.59 Å². The highest BCUT2D eigenvalue weighted by Crippen LogP contribution is 2.30. The van der Waals surface area contributed by atoms with E-state index in [4.69, 9.17) is 0 Å². The molecule has 5 nitrogen and oxygen atoms in total. The fraction of sp³-hybridized carbons (Fsp3) is 0.500. The second-order valence-corrected chi connectivity index (χ2v) is 6.66. The first kappa shape index (κ1) is 15.7. The number of benzene rings is 1. The van der Waals surface area contributed by atoms with Crippen LogP contribution in [-0.2, 0) is 4.79 Å². The molecule has 1 aromatic carbocycles. The maximum Gasteiger partial charge on any atom is 0.271 e. The average molecular weight is 313 g/mol. The number of nitrogens with zero attached hydrogens (tertiary/aromatic N) is 1. The van der Waals surface area contributed by atoms with E-state index < -0.39 is 0 Å². The Bertz CT molecular complexity index is 618. The molecule has 2 aliphatic rings. The summed E-state index contributed by atoms with van der Waals surface area (Å²) < 4.78 is 0. The summed E-state index contributed by atoms with van der Waals surface area (Å²) in [4.78, 5) is 23.8. The molecule has 0 heterocycles. The van der Waals surface area contributed by atoms with Crippen LogP contribution in [0.4, 0.5) is 5.69 Å². The van der Waals surface area contributed by atoms with Gasteiger partial charge in [0.1, 0.15) is 0 Å². The first-order valence-electron chi connectivity index (χ1n) is 8.38. The van der Waals surface area contributed by atoms with Crippen LogP contribution in [0.15, 0.2) is 29.4 Å².